The Bertz CT molecular complexity index is 489. The van der Waals surface area contributed by atoms with E-state index in [1.54, 1.807) is 38.1 Å². The number of para-hydroxylation sites is 1. The molecule has 0 radical (unpaired) electrons. The van der Waals surface area contributed by atoms with Crippen molar-refractivity contribution in [3.8, 4) is 0 Å². The molecule has 0 aromatic heterocycles. The highest BCUT2D eigenvalue weighted by Gasteiger charge is 2.33. The van der Waals surface area contributed by atoms with Crippen molar-refractivity contribution in [2.24, 2.45) is 0 Å². The van der Waals surface area contributed by atoms with E-state index in [-0.39, 0.29) is 12.8 Å². The first-order chi connectivity index (χ1) is 9.44. The van der Waals surface area contributed by atoms with Crippen LogP contribution in [0.1, 0.15) is 13.8 Å². The Morgan fingerprint density at radius 1 is 1.35 bits per heavy atom. The van der Waals surface area contributed by atoms with Crippen LogP contribution < -0.4 is 4.08 Å². The van der Waals surface area contributed by atoms with Gasteiger partial charge in [-0.15, -0.1) is 4.39 Å². The summed E-state index contributed by atoms with van der Waals surface area (Å²) in [4.78, 5) is 10.8. The van der Waals surface area contributed by atoms with Crippen LogP contribution in [0.5, 0.6) is 0 Å². The first-order valence-corrected chi connectivity index (χ1v) is 8.64. The normalized spacial score (nSPS) is 13.6. The van der Waals surface area contributed by atoms with Gasteiger partial charge >= 0.3 is 13.7 Å². The van der Waals surface area contributed by atoms with Crippen LogP contribution in [0.25, 0.3) is 0 Å². The molecule has 0 aliphatic carbocycles. The molecule has 1 aromatic carbocycles. The summed E-state index contributed by atoms with van der Waals surface area (Å²) in [5.74, 6) is 0. The van der Waals surface area contributed by atoms with E-state index in [0.717, 1.165) is 16.4 Å². The predicted molar refractivity (Wildman–Crippen MR) is 80.6 cm³/mol. The van der Waals surface area contributed by atoms with Gasteiger partial charge in [0.25, 0.3) is 0 Å². The smallest absolute Gasteiger partial charge is 0.313 e. The number of carbonyl (C=O) groups is 1. The number of hydrogen-bond donors (Lipinski definition) is 0. The zero-order chi connectivity index (χ0) is 15.2. The molecule has 0 fully saturated rings. The molecule has 0 saturated heterocycles. The molecule has 0 aliphatic rings. The molecule has 0 saturated carbocycles. The molecule has 5 nitrogen and oxygen atoms in total. The van der Waals surface area contributed by atoms with E-state index in [0.29, 0.717) is 5.69 Å². The average Bonchev–Trinajstić information content (AvgIpc) is 2.45. The molecule has 1 amide bonds. The summed E-state index contributed by atoms with van der Waals surface area (Å²) in [6.45, 7) is 3.73. The number of carbonyl (C=O) groups excluding carboxylic acids is 1. The number of anilines is 1. The molecular weight excluding hydrogens is 302 g/mol. The fourth-order valence-electron chi connectivity index (χ4n) is 1.46. The van der Waals surface area contributed by atoms with Crippen LogP contribution in [0, 0.1) is 0 Å². The third kappa shape index (κ3) is 4.23. The topological polar surface area (TPSA) is 49.9 Å². The first kappa shape index (κ1) is 17.0. The second kappa shape index (κ2) is 7.67. The Morgan fingerprint density at radius 3 is 2.40 bits per heavy atom. The Hall–Kier alpha value is -1.04. The first-order valence-electron chi connectivity index (χ1n) is 6.15. The lowest BCUT2D eigenvalue weighted by Crippen LogP contribution is -2.24. The monoisotopic (exact) mass is 320 g/mol. The van der Waals surface area contributed by atoms with Crippen molar-refractivity contribution in [2.75, 3.05) is 23.9 Å². The summed E-state index contributed by atoms with van der Waals surface area (Å²) in [7, 11) is -1.92. The maximum atomic E-state index is 12.9. The minimum absolute atomic E-state index is 0.247. The van der Waals surface area contributed by atoms with Crippen molar-refractivity contribution in [2.45, 2.75) is 13.8 Å². The molecule has 0 bridgehead atoms. The number of amides is 1. The maximum Gasteiger partial charge on any atom is 0.411 e. The van der Waals surface area contributed by atoms with Crippen LogP contribution in [0.15, 0.2) is 30.3 Å². The van der Waals surface area contributed by atoms with E-state index in [9.17, 15) is 13.8 Å². The van der Waals surface area contributed by atoms with E-state index in [2.05, 4.69) is 0 Å². The molecule has 0 spiro atoms. The van der Waals surface area contributed by atoms with Gasteiger partial charge < -0.3 is 4.52 Å². The summed E-state index contributed by atoms with van der Waals surface area (Å²) in [5, 5.41) is 0. The van der Waals surface area contributed by atoms with Gasteiger partial charge in [-0.2, -0.15) is 0 Å². The number of halogens is 1. The third-order valence-electron chi connectivity index (χ3n) is 2.43. The van der Waals surface area contributed by atoms with Crippen LogP contribution in [-0.4, -0.2) is 30.3 Å². The number of rotatable bonds is 7. The number of hydrogen-bond acceptors (Lipinski definition) is 4. The molecular formula is C12H18FN2O3PS. The van der Waals surface area contributed by atoms with Gasteiger partial charge in [0.05, 0.1) is 24.4 Å². The van der Waals surface area contributed by atoms with E-state index in [1.165, 1.54) is 11.1 Å². The van der Waals surface area contributed by atoms with E-state index >= 15 is 0 Å². The van der Waals surface area contributed by atoms with E-state index in [4.69, 9.17) is 4.52 Å². The van der Waals surface area contributed by atoms with E-state index in [1.807, 2.05) is 6.07 Å². The molecule has 20 heavy (non-hydrogen) atoms. The Kier molecular flexibility index (Phi) is 6.52. The quantitative estimate of drug-likeness (QED) is 0.324. The fourth-order valence-corrected chi connectivity index (χ4v) is 4.66. The van der Waals surface area contributed by atoms with Gasteiger partial charge in [-0.3, -0.25) is 4.57 Å². The molecule has 1 aromatic rings. The lowest BCUT2D eigenvalue weighted by atomic mass is 10.3. The molecule has 112 valence electrons. The van der Waals surface area contributed by atoms with Crippen molar-refractivity contribution in [1.82, 2.24) is 4.31 Å². The minimum Gasteiger partial charge on any atom is -0.313 e. The average molecular weight is 320 g/mol. The van der Waals surface area contributed by atoms with Crippen molar-refractivity contribution in [3.63, 3.8) is 0 Å². The van der Waals surface area contributed by atoms with Gasteiger partial charge in [0.1, 0.15) is 0 Å². The highest BCUT2D eigenvalue weighted by atomic mass is 32.2. The van der Waals surface area contributed by atoms with Crippen LogP contribution >= 0.6 is 19.7 Å². The fraction of sp³-hybridized carbons (Fsp3) is 0.417. The van der Waals surface area contributed by atoms with E-state index < -0.39 is 13.7 Å². The maximum absolute atomic E-state index is 12.9. The molecule has 0 N–H and O–H groups in total. The SMILES string of the molecule is CCOP(=O)(CC)N(SN(C)C(=O)F)c1ccccc1. The van der Waals surface area contributed by atoms with Gasteiger partial charge in [0, 0.05) is 13.2 Å². The number of benzene rings is 1. The third-order valence-corrected chi connectivity index (χ3v) is 6.40. The predicted octanol–water partition coefficient (Wildman–Crippen LogP) is 4.33. The largest absolute Gasteiger partial charge is 0.411 e. The summed E-state index contributed by atoms with van der Waals surface area (Å²) in [6, 6.07) is 8.81. The van der Waals surface area contributed by atoms with Gasteiger partial charge in [-0.05, 0) is 19.1 Å². The minimum atomic E-state index is -3.19. The second-order valence-corrected chi connectivity index (χ2v) is 7.72. The standard InChI is InChI=1S/C12H18FN2O3PS/c1-4-18-19(17,5-2)15(20-14(3)12(13)16)11-9-7-6-8-10-11/h6-10H,4-5H2,1-3H3. The zero-order valence-electron chi connectivity index (χ0n) is 11.7. The van der Waals surface area contributed by atoms with Crippen molar-refractivity contribution in [3.05, 3.63) is 30.3 Å². The van der Waals surface area contributed by atoms with Gasteiger partial charge in [-0.1, -0.05) is 25.1 Å². The van der Waals surface area contributed by atoms with Crippen LogP contribution in [0.2, 0.25) is 0 Å². The van der Waals surface area contributed by atoms with Crippen molar-refractivity contribution in [1.29, 1.82) is 0 Å². The molecule has 0 heterocycles. The molecule has 1 unspecified atom stereocenters. The Balaban J connectivity index is 3.13. The molecule has 0 aliphatic heterocycles. The zero-order valence-corrected chi connectivity index (χ0v) is 13.4. The Labute approximate surface area is 122 Å². The summed E-state index contributed by atoms with van der Waals surface area (Å²) in [6.07, 6.45) is -1.37. The van der Waals surface area contributed by atoms with Crippen LogP contribution in [0.4, 0.5) is 14.9 Å². The van der Waals surface area contributed by atoms with Crippen LogP contribution in [0.3, 0.4) is 0 Å². The van der Waals surface area contributed by atoms with Gasteiger partial charge in [0.2, 0.25) is 0 Å². The number of nitrogens with zero attached hydrogens (tertiary/aromatic N) is 2. The van der Waals surface area contributed by atoms with Crippen molar-refractivity contribution >= 4 is 31.5 Å². The molecule has 1 atom stereocenters. The van der Waals surface area contributed by atoms with Crippen LogP contribution in [-0.2, 0) is 9.09 Å². The lowest BCUT2D eigenvalue weighted by molar-refractivity contribution is 0.209. The lowest BCUT2D eigenvalue weighted by Gasteiger charge is -2.32. The summed E-state index contributed by atoms with van der Waals surface area (Å²) < 4.78 is 33.1. The molecule has 1 rings (SSSR count). The summed E-state index contributed by atoms with van der Waals surface area (Å²) in [5.41, 5.74) is 0.587. The summed E-state index contributed by atoms with van der Waals surface area (Å²) >= 11 is 0.731. The Morgan fingerprint density at radius 2 is 1.95 bits per heavy atom. The highest BCUT2D eigenvalue weighted by molar-refractivity contribution is 8.05. The molecule has 8 heteroatoms. The van der Waals surface area contributed by atoms with Gasteiger partial charge in [0.15, 0.2) is 0 Å². The van der Waals surface area contributed by atoms with Gasteiger partial charge in [-0.25, -0.2) is 13.2 Å². The highest BCUT2D eigenvalue weighted by Crippen LogP contribution is 2.56. The second-order valence-electron chi connectivity index (χ2n) is 3.81. The van der Waals surface area contributed by atoms with Crippen molar-refractivity contribution < 1.29 is 18.3 Å².